The van der Waals surface area contributed by atoms with E-state index >= 15 is 0 Å². The maximum Gasteiger partial charge on any atom is 0.236 e. The van der Waals surface area contributed by atoms with Gasteiger partial charge in [0.2, 0.25) is 5.91 Å². The molecule has 3 N–H and O–H groups in total. The molecule has 0 aliphatic heterocycles. The highest BCUT2D eigenvalue weighted by molar-refractivity contribution is 6.07. The summed E-state index contributed by atoms with van der Waals surface area (Å²) in [6, 6.07) is 0.0663. The van der Waals surface area contributed by atoms with Crippen LogP contribution in [-0.2, 0) is 9.53 Å². The normalized spacial score (nSPS) is 18.6. The first-order valence-electron chi connectivity index (χ1n) is 6.27. The van der Waals surface area contributed by atoms with Crippen LogP contribution >= 0.6 is 0 Å². The fraction of sp³-hybridized carbons (Fsp3) is 0.833. The Labute approximate surface area is 108 Å². The van der Waals surface area contributed by atoms with Crippen LogP contribution in [0.5, 0.6) is 0 Å². The standard InChI is InChI=1S/C12H23N3O3/c1-9(2)15(7-8-18-3)11(16)12(5-4-6-12)10(13)14-17/h9,17H,4-8H2,1-3H3,(H2,13,14). The van der Waals surface area contributed by atoms with Crippen LogP contribution in [0.2, 0.25) is 0 Å². The van der Waals surface area contributed by atoms with E-state index in [1.165, 1.54) is 0 Å². The number of carbonyl (C=O) groups excluding carboxylic acids is 1. The van der Waals surface area contributed by atoms with Gasteiger partial charge < -0.3 is 20.6 Å². The van der Waals surface area contributed by atoms with Crippen LogP contribution in [0.1, 0.15) is 33.1 Å². The van der Waals surface area contributed by atoms with Gasteiger partial charge in [-0.1, -0.05) is 11.6 Å². The van der Waals surface area contributed by atoms with Crippen molar-refractivity contribution in [1.29, 1.82) is 0 Å². The number of carbonyl (C=O) groups is 1. The number of hydrogen-bond donors (Lipinski definition) is 2. The van der Waals surface area contributed by atoms with Crippen molar-refractivity contribution in [2.45, 2.75) is 39.2 Å². The Morgan fingerprint density at radius 3 is 2.50 bits per heavy atom. The molecule has 18 heavy (non-hydrogen) atoms. The molecule has 0 bridgehead atoms. The third kappa shape index (κ3) is 2.58. The molecule has 6 nitrogen and oxygen atoms in total. The molecule has 0 spiro atoms. The van der Waals surface area contributed by atoms with Crippen LogP contribution in [0.4, 0.5) is 0 Å². The van der Waals surface area contributed by atoms with Gasteiger partial charge in [0.25, 0.3) is 0 Å². The van der Waals surface area contributed by atoms with Gasteiger partial charge >= 0.3 is 0 Å². The van der Waals surface area contributed by atoms with Gasteiger partial charge in [0.15, 0.2) is 5.84 Å². The van der Waals surface area contributed by atoms with Gasteiger partial charge in [0, 0.05) is 19.7 Å². The second-order valence-corrected chi connectivity index (χ2v) is 5.01. The van der Waals surface area contributed by atoms with Crippen molar-refractivity contribution >= 4 is 11.7 Å². The zero-order valence-electron chi connectivity index (χ0n) is 11.3. The number of amidine groups is 1. The number of ether oxygens (including phenoxy) is 1. The van der Waals surface area contributed by atoms with E-state index in [-0.39, 0.29) is 17.8 Å². The van der Waals surface area contributed by atoms with Crippen molar-refractivity contribution in [2.75, 3.05) is 20.3 Å². The van der Waals surface area contributed by atoms with E-state index in [9.17, 15) is 4.79 Å². The summed E-state index contributed by atoms with van der Waals surface area (Å²) in [5.74, 6) is -0.0297. The third-order valence-electron chi connectivity index (χ3n) is 3.64. The van der Waals surface area contributed by atoms with Crippen LogP contribution in [0, 0.1) is 5.41 Å². The molecule has 1 fully saturated rings. The van der Waals surface area contributed by atoms with E-state index in [1.807, 2.05) is 13.8 Å². The van der Waals surface area contributed by atoms with E-state index in [0.717, 1.165) is 6.42 Å². The average Bonchev–Trinajstić information content (AvgIpc) is 2.27. The Morgan fingerprint density at radius 2 is 2.17 bits per heavy atom. The minimum atomic E-state index is -0.799. The van der Waals surface area contributed by atoms with Crippen LogP contribution in [-0.4, -0.2) is 48.2 Å². The number of hydrogen-bond acceptors (Lipinski definition) is 4. The highest BCUT2D eigenvalue weighted by atomic mass is 16.5. The Kier molecular flexibility index (Phi) is 4.95. The minimum absolute atomic E-state index is 0.0295. The number of nitrogens with zero attached hydrogens (tertiary/aromatic N) is 2. The number of rotatable bonds is 6. The molecule has 0 saturated heterocycles. The predicted octanol–water partition coefficient (Wildman–Crippen LogP) is 0.786. The molecule has 0 unspecified atom stereocenters. The molecule has 1 rings (SSSR count). The van der Waals surface area contributed by atoms with Crippen LogP contribution in [0.25, 0.3) is 0 Å². The molecule has 1 saturated carbocycles. The Morgan fingerprint density at radius 1 is 1.56 bits per heavy atom. The van der Waals surface area contributed by atoms with Gasteiger partial charge in [0.05, 0.1) is 6.61 Å². The Hall–Kier alpha value is -1.30. The highest BCUT2D eigenvalue weighted by Crippen LogP contribution is 2.43. The zero-order valence-corrected chi connectivity index (χ0v) is 11.3. The summed E-state index contributed by atoms with van der Waals surface area (Å²) >= 11 is 0. The van der Waals surface area contributed by atoms with Crippen molar-refractivity contribution in [1.82, 2.24) is 4.90 Å². The second-order valence-electron chi connectivity index (χ2n) is 5.01. The lowest BCUT2D eigenvalue weighted by atomic mass is 9.66. The fourth-order valence-corrected chi connectivity index (χ4v) is 2.26. The molecule has 1 amide bonds. The lowest BCUT2D eigenvalue weighted by molar-refractivity contribution is -0.144. The van der Waals surface area contributed by atoms with E-state index < -0.39 is 5.41 Å². The lowest BCUT2D eigenvalue weighted by Gasteiger charge is -2.43. The topological polar surface area (TPSA) is 88.2 Å². The largest absolute Gasteiger partial charge is 0.409 e. The maximum absolute atomic E-state index is 12.6. The minimum Gasteiger partial charge on any atom is -0.409 e. The summed E-state index contributed by atoms with van der Waals surface area (Å²) in [5.41, 5.74) is 4.90. The van der Waals surface area contributed by atoms with Gasteiger partial charge in [-0.05, 0) is 26.7 Å². The van der Waals surface area contributed by atoms with Crippen molar-refractivity contribution in [3.63, 3.8) is 0 Å². The first-order chi connectivity index (χ1) is 8.49. The van der Waals surface area contributed by atoms with Crippen molar-refractivity contribution in [2.24, 2.45) is 16.3 Å². The van der Waals surface area contributed by atoms with Gasteiger partial charge in [-0.2, -0.15) is 0 Å². The smallest absolute Gasteiger partial charge is 0.236 e. The van der Waals surface area contributed by atoms with Gasteiger partial charge in [-0.3, -0.25) is 4.79 Å². The number of nitrogens with two attached hydrogens (primary N) is 1. The molecule has 1 aliphatic rings. The molecule has 0 aromatic heterocycles. The van der Waals surface area contributed by atoms with E-state index in [0.29, 0.717) is 26.0 Å². The second kappa shape index (κ2) is 6.04. The lowest BCUT2D eigenvalue weighted by Crippen LogP contribution is -2.57. The molecule has 6 heteroatoms. The van der Waals surface area contributed by atoms with Gasteiger partial charge in [-0.25, -0.2) is 0 Å². The van der Waals surface area contributed by atoms with Crippen molar-refractivity contribution in [3.8, 4) is 0 Å². The molecule has 0 radical (unpaired) electrons. The molecule has 0 aromatic carbocycles. The predicted molar refractivity (Wildman–Crippen MR) is 68.4 cm³/mol. The zero-order chi connectivity index (χ0) is 13.8. The first-order valence-corrected chi connectivity index (χ1v) is 6.27. The van der Waals surface area contributed by atoms with Crippen LogP contribution < -0.4 is 5.73 Å². The summed E-state index contributed by atoms with van der Waals surface area (Å²) < 4.78 is 5.02. The Balaban J connectivity index is 2.87. The molecule has 0 aromatic rings. The summed E-state index contributed by atoms with van der Waals surface area (Å²) in [7, 11) is 1.60. The van der Waals surface area contributed by atoms with E-state index in [4.69, 9.17) is 15.7 Å². The van der Waals surface area contributed by atoms with Gasteiger partial charge in [0.1, 0.15) is 5.41 Å². The highest BCUT2D eigenvalue weighted by Gasteiger charge is 2.50. The third-order valence-corrected chi connectivity index (χ3v) is 3.64. The van der Waals surface area contributed by atoms with E-state index in [1.54, 1.807) is 12.0 Å². The Bertz CT molecular complexity index is 325. The van der Waals surface area contributed by atoms with Crippen LogP contribution in [0.3, 0.4) is 0 Å². The van der Waals surface area contributed by atoms with Crippen LogP contribution in [0.15, 0.2) is 5.16 Å². The fourth-order valence-electron chi connectivity index (χ4n) is 2.26. The molecule has 104 valence electrons. The summed E-state index contributed by atoms with van der Waals surface area (Å²) in [6.45, 7) is 4.90. The monoisotopic (exact) mass is 257 g/mol. The maximum atomic E-state index is 12.6. The summed E-state index contributed by atoms with van der Waals surface area (Å²) in [6.07, 6.45) is 2.23. The molecule has 0 atom stereocenters. The number of methoxy groups -OCH3 is 1. The van der Waals surface area contributed by atoms with Crippen molar-refractivity contribution in [3.05, 3.63) is 0 Å². The first kappa shape index (κ1) is 14.8. The summed E-state index contributed by atoms with van der Waals surface area (Å²) in [5, 5.41) is 11.9. The van der Waals surface area contributed by atoms with E-state index in [2.05, 4.69) is 5.16 Å². The van der Waals surface area contributed by atoms with Gasteiger partial charge in [-0.15, -0.1) is 0 Å². The molecule has 0 heterocycles. The quantitative estimate of drug-likeness (QED) is 0.318. The SMILES string of the molecule is COCCN(C(=O)C1(C(N)=NO)CCC1)C(C)C. The van der Waals surface area contributed by atoms with Crippen molar-refractivity contribution < 1.29 is 14.7 Å². The molecular weight excluding hydrogens is 234 g/mol. The number of oxime groups is 1. The summed E-state index contributed by atoms with van der Waals surface area (Å²) in [4.78, 5) is 14.3. The molecule has 1 aliphatic carbocycles. The average molecular weight is 257 g/mol. The molecular formula is C12H23N3O3. The number of amides is 1.